The molecular formula is C14H23N3O. The Morgan fingerprint density at radius 2 is 2.28 bits per heavy atom. The molecule has 18 heavy (non-hydrogen) atoms. The van der Waals surface area contributed by atoms with E-state index in [1.165, 1.54) is 12.8 Å². The van der Waals surface area contributed by atoms with Crippen molar-refractivity contribution in [3.05, 3.63) is 23.3 Å². The molecule has 1 fully saturated rings. The van der Waals surface area contributed by atoms with Crippen LogP contribution in [-0.2, 0) is 16.9 Å². The van der Waals surface area contributed by atoms with Crippen molar-refractivity contribution in [3.8, 4) is 0 Å². The molecule has 4 heteroatoms. The van der Waals surface area contributed by atoms with Crippen LogP contribution in [0, 0.1) is 12.8 Å². The molecule has 2 rings (SSSR count). The van der Waals surface area contributed by atoms with Crippen molar-refractivity contribution in [1.29, 1.82) is 0 Å². The number of hydrogen-bond acceptors (Lipinski definition) is 4. The molecule has 0 amide bonds. The fraction of sp³-hybridized carbons (Fsp3) is 0.714. The van der Waals surface area contributed by atoms with Gasteiger partial charge < -0.3 is 10.5 Å². The van der Waals surface area contributed by atoms with Crippen LogP contribution in [0.3, 0.4) is 0 Å². The first-order valence-electron chi connectivity index (χ1n) is 6.70. The van der Waals surface area contributed by atoms with Crippen LogP contribution in [0.2, 0.25) is 0 Å². The Morgan fingerprint density at radius 1 is 1.50 bits per heavy atom. The van der Waals surface area contributed by atoms with Crippen molar-refractivity contribution in [1.82, 2.24) is 9.97 Å². The molecule has 0 spiro atoms. The summed E-state index contributed by atoms with van der Waals surface area (Å²) in [4.78, 5) is 9.18. The lowest BCUT2D eigenvalue weighted by atomic mass is 9.78. The van der Waals surface area contributed by atoms with Gasteiger partial charge in [0.05, 0.1) is 5.69 Å². The Balaban J connectivity index is 2.40. The highest BCUT2D eigenvalue weighted by Crippen LogP contribution is 2.41. The van der Waals surface area contributed by atoms with Crippen LogP contribution in [0.15, 0.2) is 6.07 Å². The van der Waals surface area contributed by atoms with Crippen molar-refractivity contribution in [2.75, 3.05) is 7.11 Å². The van der Waals surface area contributed by atoms with Gasteiger partial charge in [0.1, 0.15) is 5.60 Å². The predicted octanol–water partition coefficient (Wildman–Crippen LogP) is 2.30. The summed E-state index contributed by atoms with van der Waals surface area (Å²) >= 11 is 0. The SMILES string of the molecule is COC1(c2nc(C)cc(CN)n2)CCCC(C)C1. The molecule has 0 bridgehead atoms. The van der Waals surface area contributed by atoms with Crippen molar-refractivity contribution in [2.24, 2.45) is 11.7 Å². The summed E-state index contributed by atoms with van der Waals surface area (Å²) in [6, 6.07) is 1.94. The summed E-state index contributed by atoms with van der Waals surface area (Å²) in [5.74, 6) is 1.47. The minimum Gasteiger partial charge on any atom is -0.370 e. The van der Waals surface area contributed by atoms with E-state index in [0.717, 1.165) is 30.1 Å². The fourth-order valence-corrected chi connectivity index (χ4v) is 2.92. The van der Waals surface area contributed by atoms with E-state index in [2.05, 4.69) is 16.9 Å². The van der Waals surface area contributed by atoms with E-state index >= 15 is 0 Å². The lowest BCUT2D eigenvalue weighted by Gasteiger charge is -2.37. The first-order valence-corrected chi connectivity index (χ1v) is 6.70. The minimum absolute atomic E-state index is 0.312. The zero-order chi connectivity index (χ0) is 13.2. The number of methoxy groups -OCH3 is 1. The Hall–Kier alpha value is -1.00. The smallest absolute Gasteiger partial charge is 0.160 e. The zero-order valence-electron chi connectivity index (χ0n) is 11.6. The van der Waals surface area contributed by atoms with Crippen molar-refractivity contribution in [2.45, 2.75) is 51.7 Å². The second kappa shape index (κ2) is 5.33. The van der Waals surface area contributed by atoms with Crippen LogP contribution in [0.5, 0.6) is 0 Å². The van der Waals surface area contributed by atoms with E-state index in [-0.39, 0.29) is 5.60 Å². The first kappa shape index (κ1) is 13.4. The number of ether oxygens (including phenoxy) is 1. The second-order valence-corrected chi connectivity index (χ2v) is 5.43. The molecule has 2 unspecified atom stereocenters. The highest BCUT2D eigenvalue weighted by molar-refractivity contribution is 5.15. The van der Waals surface area contributed by atoms with E-state index in [1.807, 2.05) is 13.0 Å². The quantitative estimate of drug-likeness (QED) is 0.893. The molecule has 2 N–H and O–H groups in total. The molecule has 2 atom stereocenters. The number of rotatable bonds is 3. The van der Waals surface area contributed by atoms with E-state index in [1.54, 1.807) is 7.11 Å². The van der Waals surface area contributed by atoms with Crippen molar-refractivity contribution < 1.29 is 4.74 Å². The average molecular weight is 249 g/mol. The summed E-state index contributed by atoms with van der Waals surface area (Å²) in [6.07, 6.45) is 4.43. The monoisotopic (exact) mass is 249 g/mol. The highest BCUT2D eigenvalue weighted by atomic mass is 16.5. The molecule has 1 aliphatic rings. The van der Waals surface area contributed by atoms with Gasteiger partial charge in [-0.2, -0.15) is 0 Å². The van der Waals surface area contributed by atoms with Gasteiger partial charge in [-0.05, 0) is 38.2 Å². The minimum atomic E-state index is -0.312. The Bertz CT molecular complexity index is 422. The van der Waals surface area contributed by atoms with Gasteiger partial charge in [-0.15, -0.1) is 0 Å². The molecular weight excluding hydrogens is 226 g/mol. The van der Waals surface area contributed by atoms with Crippen molar-refractivity contribution in [3.63, 3.8) is 0 Å². The summed E-state index contributed by atoms with van der Waals surface area (Å²) < 4.78 is 5.82. The lowest BCUT2D eigenvalue weighted by molar-refractivity contribution is -0.0648. The molecule has 1 aliphatic carbocycles. The normalized spacial score (nSPS) is 28.3. The van der Waals surface area contributed by atoms with E-state index in [0.29, 0.717) is 12.5 Å². The fourth-order valence-electron chi connectivity index (χ4n) is 2.92. The standard InChI is InChI=1S/C14H23N3O/c1-10-5-4-6-14(8-10,18-3)13-16-11(2)7-12(9-15)17-13/h7,10H,4-6,8-9,15H2,1-3H3. The van der Waals surface area contributed by atoms with Crippen LogP contribution < -0.4 is 5.73 Å². The van der Waals surface area contributed by atoms with Gasteiger partial charge in [-0.3, -0.25) is 0 Å². The predicted molar refractivity (Wildman–Crippen MR) is 71.0 cm³/mol. The topological polar surface area (TPSA) is 61.0 Å². The van der Waals surface area contributed by atoms with Gasteiger partial charge in [-0.1, -0.05) is 13.3 Å². The number of aryl methyl sites for hydroxylation is 1. The maximum absolute atomic E-state index is 5.82. The molecule has 1 aromatic heterocycles. The number of aromatic nitrogens is 2. The Kier molecular flexibility index (Phi) is 3.97. The third kappa shape index (κ3) is 2.54. The van der Waals surface area contributed by atoms with Crippen LogP contribution in [-0.4, -0.2) is 17.1 Å². The number of hydrogen-bond donors (Lipinski definition) is 1. The van der Waals surface area contributed by atoms with Gasteiger partial charge in [0, 0.05) is 19.3 Å². The zero-order valence-corrected chi connectivity index (χ0v) is 11.6. The van der Waals surface area contributed by atoms with Crippen molar-refractivity contribution >= 4 is 0 Å². The lowest BCUT2D eigenvalue weighted by Crippen LogP contribution is -2.36. The number of nitrogens with two attached hydrogens (primary N) is 1. The second-order valence-electron chi connectivity index (χ2n) is 5.43. The number of nitrogens with zero attached hydrogens (tertiary/aromatic N) is 2. The maximum Gasteiger partial charge on any atom is 0.160 e. The van der Waals surface area contributed by atoms with E-state index < -0.39 is 0 Å². The molecule has 4 nitrogen and oxygen atoms in total. The molecule has 1 saturated carbocycles. The third-order valence-electron chi connectivity index (χ3n) is 3.87. The molecule has 0 aromatic carbocycles. The van der Waals surface area contributed by atoms with Gasteiger partial charge in [0.2, 0.25) is 0 Å². The largest absolute Gasteiger partial charge is 0.370 e. The molecule has 0 saturated heterocycles. The molecule has 1 aromatic rings. The van der Waals surface area contributed by atoms with Crippen LogP contribution in [0.4, 0.5) is 0 Å². The van der Waals surface area contributed by atoms with Crippen LogP contribution >= 0.6 is 0 Å². The highest BCUT2D eigenvalue weighted by Gasteiger charge is 2.39. The molecule has 100 valence electrons. The average Bonchev–Trinajstić information content (AvgIpc) is 2.37. The summed E-state index contributed by atoms with van der Waals surface area (Å²) in [6.45, 7) is 4.71. The van der Waals surface area contributed by atoms with Gasteiger partial charge >= 0.3 is 0 Å². The summed E-state index contributed by atoms with van der Waals surface area (Å²) in [7, 11) is 1.77. The Morgan fingerprint density at radius 3 is 2.89 bits per heavy atom. The maximum atomic E-state index is 5.82. The molecule has 1 heterocycles. The molecule has 0 radical (unpaired) electrons. The first-order chi connectivity index (χ1) is 8.59. The van der Waals surface area contributed by atoms with Crippen LogP contribution in [0.25, 0.3) is 0 Å². The Labute approximate surface area is 109 Å². The van der Waals surface area contributed by atoms with Crippen LogP contribution in [0.1, 0.15) is 49.8 Å². The summed E-state index contributed by atoms with van der Waals surface area (Å²) in [5.41, 5.74) is 7.25. The van der Waals surface area contributed by atoms with E-state index in [9.17, 15) is 0 Å². The third-order valence-corrected chi connectivity index (χ3v) is 3.87. The van der Waals surface area contributed by atoms with Gasteiger partial charge in [-0.25, -0.2) is 9.97 Å². The molecule has 0 aliphatic heterocycles. The van der Waals surface area contributed by atoms with E-state index in [4.69, 9.17) is 10.5 Å². The summed E-state index contributed by atoms with van der Waals surface area (Å²) in [5, 5.41) is 0. The van der Waals surface area contributed by atoms with Gasteiger partial charge in [0.25, 0.3) is 0 Å². The van der Waals surface area contributed by atoms with Gasteiger partial charge in [0.15, 0.2) is 5.82 Å².